The second-order valence-corrected chi connectivity index (χ2v) is 1.68. The third-order valence-corrected chi connectivity index (χ3v) is 0.740. The second-order valence-electron chi connectivity index (χ2n) is 1.68. The molecule has 0 aromatic carbocycles. The molecule has 0 atom stereocenters. The summed E-state index contributed by atoms with van der Waals surface area (Å²) in [5.41, 5.74) is 4.53. The van der Waals surface area contributed by atoms with Gasteiger partial charge in [0.25, 0.3) is 0 Å². The van der Waals surface area contributed by atoms with Crippen LogP contribution < -0.4 is 5.73 Å². The summed E-state index contributed by atoms with van der Waals surface area (Å²) in [6, 6.07) is 0. The Morgan fingerprint density at radius 1 is 1.50 bits per heavy atom. The van der Waals surface area contributed by atoms with Crippen LogP contribution in [-0.2, 0) is 14.3 Å². The number of primary amides is 1. The molecule has 0 bridgehead atoms. The first-order chi connectivity index (χ1) is 5.58. The molecule has 0 spiro atoms. The Balaban J connectivity index is 0. The van der Waals surface area contributed by atoms with E-state index in [1.54, 1.807) is 0 Å². The van der Waals surface area contributed by atoms with Crippen LogP contribution in [0.25, 0.3) is 0 Å². The number of esters is 1. The van der Waals surface area contributed by atoms with Crippen molar-refractivity contribution in [1.29, 1.82) is 0 Å². The highest BCUT2D eigenvalue weighted by Crippen LogP contribution is 1.80. The molecule has 0 aliphatic rings. The fourth-order valence-electron chi connectivity index (χ4n) is 0.201. The molecule has 4 heteroatoms. The van der Waals surface area contributed by atoms with E-state index >= 15 is 0 Å². The average molecular weight is 171 g/mol. The van der Waals surface area contributed by atoms with Gasteiger partial charge in [-0.1, -0.05) is 12.7 Å². The minimum atomic E-state index is -0.481. The molecule has 0 rings (SSSR count). The molecule has 0 radical (unpaired) electrons. The summed E-state index contributed by atoms with van der Waals surface area (Å²) in [6.07, 6.45) is 2.86. The average Bonchev–Trinajstić information content (AvgIpc) is 2.06. The number of ether oxygens (including phenoxy) is 1. The van der Waals surface area contributed by atoms with Gasteiger partial charge >= 0.3 is 5.97 Å². The number of carbonyl (C=O) groups is 2. The van der Waals surface area contributed by atoms with Crippen LogP contribution in [-0.4, -0.2) is 19.0 Å². The maximum absolute atomic E-state index is 10.1. The molecule has 0 unspecified atom stereocenters. The fourth-order valence-corrected chi connectivity index (χ4v) is 0.201. The Bertz CT molecular complexity index is 175. The molecule has 0 aromatic heterocycles. The van der Waals surface area contributed by atoms with Crippen LogP contribution in [0.5, 0.6) is 0 Å². The van der Waals surface area contributed by atoms with Gasteiger partial charge in [0.05, 0.1) is 13.5 Å². The van der Waals surface area contributed by atoms with Gasteiger partial charge in [-0.05, 0) is 6.08 Å². The van der Waals surface area contributed by atoms with Crippen molar-refractivity contribution >= 4 is 11.9 Å². The molecule has 4 nitrogen and oxygen atoms in total. The van der Waals surface area contributed by atoms with Crippen LogP contribution in [0.15, 0.2) is 25.3 Å². The lowest BCUT2D eigenvalue weighted by atomic mass is 10.4. The Labute approximate surface area is 71.7 Å². The van der Waals surface area contributed by atoms with Crippen molar-refractivity contribution in [1.82, 2.24) is 0 Å². The summed E-state index contributed by atoms with van der Waals surface area (Å²) in [7, 11) is 1.35. The first kappa shape index (κ1) is 13.0. The van der Waals surface area contributed by atoms with Crippen molar-refractivity contribution in [3.8, 4) is 0 Å². The van der Waals surface area contributed by atoms with E-state index in [0.717, 1.165) is 6.08 Å². The van der Waals surface area contributed by atoms with Crippen molar-refractivity contribution in [3.05, 3.63) is 25.3 Å². The van der Waals surface area contributed by atoms with Crippen LogP contribution in [0.1, 0.15) is 6.42 Å². The molecule has 0 fully saturated rings. The number of hydrogen-bond acceptors (Lipinski definition) is 3. The maximum Gasteiger partial charge on any atom is 0.309 e. The van der Waals surface area contributed by atoms with E-state index < -0.39 is 5.91 Å². The van der Waals surface area contributed by atoms with Gasteiger partial charge in [-0.15, -0.1) is 6.58 Å². The molecule has 0 saturated heterocycles. The van der Waals surface area contributed by atoms with E-state index in [4.69, 9.17) is 0 Å². The first-order valence-corrected chi connectivity index (χ1v) is 3.18. The van der Waals surface area contributed by atoms with Crippen LogP contribution in [0.2, 0.25) is 0 Å². The molecule has 68 valence electrons. The summed E-state index contributed by atoms with van der Waals surface area (Å²) >= 11 is 0. The van der Waals surface area contributed by atoms with E-state index in [1.807, 2.05) is 0 Å². The SMILES string of the molecule is C=CC(N)=O.C=CCC(=O)OC. The highest BCUT2D eigenvalue weighted by Gasteiger charge is 1.90. The van der Waals surface area contributed by atoms with Gasteiger partial charge in [0.1, 0.15) is 0 Å². The molecule has 0 aliphatic heterocycles. The van der Waals surface area contributed by atoms with Gasteiger partial charge in [-0.25, -0.2) is 0 Å². The maximum atomic E-state index is 10.1. The number of rotatable bonds is 3. The zero-order valence-electron chi connectivity index (χ0n) is 7.08. The predicted molar refractivity (Wildman–Crippen MR) is 46.2 cm³/mol. The third-order valence-electron chi connectivity index (χ3n) is 0.740. The van der Waals surface area contributed by atoms with Crippen molar-refractivity contribution in [3.63, 3.8) is 0 Å². The van der Waals surface area contributed by atoms with Crippen molar-refractivity contribution in [2.45, 2.75) is 6.42 Å². The summed E-state index contributed by atoms with van der Waals surface area (Å²) in [6.45, 7) is 6.43. The molecule has 12 heavy (non-hydrogen) atoms. The number of hydrogen-bond donors (Lipinski definition) is 1. The van der Waals surface area contributed by atoms with Crippen LogP contribution in [0.3, 0.4) is 0 Å². The van der Waals surface area contributed by atoms with E-state index in [1.165, 1.54) is 13.2 Å². The van der Waals surface area contributed by atoms with Crippen LogP contribution in [0.4, 0.5) is 0 Å². The third kappa shape index (κ3) is 15.8. The van der Waals surface area contributed by atoms with E-state index in [9.17, 15) is 9.59 Å². The highest BCUT2D eigenvalue weighted by molar-refractivity contribution is 5.84. The molecule has 2 N–H and O–H groups in total. The number of carbonyl (C=O) groups excluding carboxylic acids is 2. The largest absolute Gasteiger partial charge is 0.469 e. The summed E-state index contributed by atoms with van der Waals surface area (Å²) in [5.74, 6) is -0.722. The van der Waals surface area contributed by atoms with Crippen LogP contribution >= 0.6 is 0 Å². The molecule has 0 aliphatic carbocycles. The zero-order valence-corrected chi connectivity index (χ0v) is 7.08. The van der Waals surface area contributed by atoms with Gasteiger partial charge < -0.3 is 10.5 Å². The molecular weight excluding hydrogens is 158 g/mol. The van der Waals surface area contributed by atoms with Crippen molar-refractivity contribution in [2.75, 3.05) is 7.11 Å². The predicted octanol–water partition coefficient (Wildman–Crippen LogP) is 0.393. The standard InChI is InChI=1S/C5H8O2.C3H5NO/c1-3-4-5(6)7-2;1-2-3(4)5/h3H,1,4H2,2H3;2H,1H2,(H2,4,5). The van der Waals surface area contributed by atoms with Gasteiger partial charge in [0, 0.05) is 0 Å². The highest BCUT2D eigenvalue weighted by atomic mass is 16.5. The molecule has 1 amide bonds. The van der Waals surface area contributed by atoms with Crippen molar-refractivity contribution in [2.24, 2.45) is 5.73 Å². The van der Waals surface area contributed by atoms with Gasteiger partial charge in [-0.2, -0.15) is 0 Å². The van der Waals surface area contributed by atoms with Gasteiger partial charge in [-0.3, -0.25) is 9.59 Å². The Kier molecular flexibility index (Phi) is 10.2. The summed E-state index contributed by atoms with van der Waals surface area (Å²) in [4.78, 5) is 19.6. The van der Waals surface area contributed by atoms with Crippen LogP contribution in [0, 0.1) is 0 Å². The van der Waals surface area contributed by atoms with Crippen molar-refractivity contribution < 1.29 is 14.3 Å². The van der Waals surface area contributed by atoms with E-state index in [2.05, 4.69) is 23.6 Å². The molecule has 0 heterocycles. The summed E-state index contributed by atoms with van der Waals surface area (Å²) < 4.78 is 4.28. The van der Waals surface area contributed by atoms with E-state index in [0.29, 0.717) is 6.42 Å². The zero-order chi connectivity index (χ0) is 9.98. The Morgan fingerprint density at radius 3 is 2.00 bits per heavy atom. The normalized spacial score (nSPS) is 7.08. The monoisotopic (exact) mass is 171 g/mol. The smallest absolute Gasteiger partial charge is 0.309 e. The number of amides is 1. The lowest BCUT2D eigenvalue weighted by molar-refractivity contribution is -0.139. The van der Waals surface area contributed by atoms with E-state index in [-0.39, 0.29) is 5.97 Å². The Hall–Kier alpha value is -1.58. The Morgan fingerprint density at radius 2 is 1.92 bits per heavy atom. The minimum Gasteiger partial charge on any atom is -0.469 e. The molecule has 0 aromatic rings. The fraction of sp³-hybridized carbons (Fsp3) is 0.250. The first-order valence-electron chi connectivity index (χ1n) is 3.18. The topological polar surface area (TPSA) is 69.4 Å². The summed E-state index contributed by atoms with van der Waals surface area (Å²) in [5, 5.41) is 0. The quantitative estimate of drug-likeness (QED) is 0.379. The minimum absolute atomic E-state index is 0.241. The molecule has 0 saturated carbocycles. The number of nitrogens with two attached hydrogens (primary N) is 1. The number of methoxy groups -OCH3 is 1. The molecular formula is C8H13NO3. The van der Waals surface area contributed by atoms with Gasteiger partial charge in [0.2, 0.25) is 5.91 Å². The van der Waals surface area contributed by atoms with Gasteiger partial charge in [0.15, 0.2) is 0 Å². The lowest BCUT2D eigenvalue weighted by Crippen LogP contribution is -2.04. The lowest BCUT2D eigenvalue weighted by Gasteiger charge is -1.88. The second kappa shape index (κ2) is 9.42.